The van der Waals surface area contributed by atoms with Crippen molar-refractivity contribution in [2.24, 2.45) is 33.5 Å². The molecule has 0 heterocycles. The van der Waals surface area contributed by atoms with Crippen LogP contribution in [0.15, 0.2) is 23.7 Å². The highest BCUT2D eigenvalue weighted by Gasteiger charge is 2.62. The Labute approximate surface area is 129 Å². The number of fused-ring (bicyclic) bond motifs is 4. The van der Waals surface area contributed by atoms with Crippen LogP contribution < -0.4 is 0 Å². The van der Waals surface area contributed by atoms with Gasteiger partial charge < -0.3 is 4.74 Å². The number of hydrogen-bond donors (Lipinski definition) is 0. The molecule has 4 unspecified atom stereocenters. The standard InChI is InChI=1S/C20H30O/c1-17(2)13-7-9-19(17,5)15(11-13)21-16-12-14-8-10-20(16,6)18(14,3)4/h11-14H,7-10H2,1-6H3. The van der Waals surface area contributed by atoms with Crippen molar-refractivity contribution in [2.75, 3.05) is 0 Å². The minimum absolute atomic E-state index is 0.237. The molecule has 4 aliphatic rings. The van der Waals surface area contributed by atoms with Crippen LogP contribution in [0.1, 0.15) is 67.2 Å². The van der Waals surface area contributed by atoms with Gasteiger partial charge in [-0.2, -0.15) is 0 Å². The highest BCUT2D eigenvalue weighted by atomic mass is 16.5. The molecule has 116 valence electrons. The lowest BCUT2D eigenvalue weighted by Crippen LogP contribution is -2.34. The van der Waals surface area contributed by atoms with E-state index >= 15 is 0 Å². The fourth-order valence-corrected chi connectivity index (χ4v) is 5.68. The minimum atomic E-state index is 0.237. The Morgan fingerprint density at radius 1 is 0.762 bits per heavy atom. The van der Waals surface area contributed by atoms with E-state index in [2.05, 4.69) is 53.7 Å². The molecule has 0 spiro atoms. The second-order valence-corrected chi connectivity index (χ2v) is 9.56. The largest absolute Gasteiger partial charge is 0.466 e. The molecule has 21 heavy (non-hydrogen) atoms. The topological polar surface area (TPSA) is 9.23 Å². The maximum Gasteiger partial charge on any atom is 0.106 e. The van der Waals surface area contributed by atoms with Gasteiger partial charge in [-0.25, -0.2) is 0 Å². The van der Waals surface area contributed by atoms with E-state index in [1.807, 2.05) is 0 Å². The van der Waals surface area contributed by atoms with Gasteiger partial charge in [-0.1, -0.05) is 41.5 Å². The first-order valence-electron chi connectivity index (χ1n) is 8.75. The average molecular weight is 286 g/mol. The van der Waals surface area contributed by atoms with Gasteiger partial charge in [0, 0.05) is 10.8 Å². The van der Waals surface area contributed by atoms with Gasteiger partial charge in [-0.3, -0.25) is 0 Å². The lowest BCUT2D eigenvalue weighted by atomic mass is 9.69. The van der Waals surface area contributed by atoms with Crippen LogP contribution in [0, 0.1) is 33.5 Å². The van der Waals surface area contributed by atoms with E-state index in [1.165, 1.54) is 37.2 Å². The molecule has 2 fully saturated rings. The predicted octanol–water partition coefficient (Wildman–Crippen LogP) is 5.68. The van der Waals surface area contributed by atoms with Crippen LogP contribution >= 0.6 is 0 Å². The van der Waals surface area contributed by atoms with Crippen LogP contribution in [-0.4, -0.2) is 0 Å². The molecule has 0 aromatic rings. The van der Waals surface area contributed by atoms with Crippen molar-refractivity contribution in [1.82, 2.24) is 0 Å². The predicted molar refractivity (Wildman–Crippen MR) is 86.5 cm³/mol. The van der Waals surface area contributed by atoms with Gasteiger partial charge in [0.1, 0.15) is 11.5 Å². The molecule has 1 nitrogen and oxygen atoms in total. The summed E-state index contributed by atoms with van der Waals surface area (Å²) >= 11 is 0. The van der Waals surface area contributed by atoms with Crippen molar-refractivity contribution < 1.29 is 4.74 Å². The Kier molecular flexibility index (Phi) is 2.39. The van der Waals surface area contributed by atoms with Gasteiger partial charge >= 0.3 is 0 Å². The van der Waals surface area contributed by atoms with Gasteiger partial charge in [0.2, 0.25) is 0 Å². The fourth-order valence-electron chi connectivity index (χ4n) is 5.68. The van der Waals surface area contributed by atoms with E-state index in [1.54, 1.807) is 0 Å². The zero-order valence-corrected chi connectivity index (χ0v) is 14.5. The SMILES string of the molecule is CC12CCC(C=C1OC1=CC3CCC1(C)C3(C)C)C2(C)C. The van der Waals surface area contributed by atoms with Crippen LogP contribution in [0.25, 0.3) is 0 Å². The summed E-state index contributed by atoms with van der Waals surface area (Å²) in [5, 5.41) is 0. The summed E-state index contributed by atoms with van der Waals surface area (Å²) in [6, 6.07) is 0. The summed E-state index contributed by atoms with van der Waals surface area (Å²) in [4.78, 5) is 0. The smallest absolute Gasteiger partial charge is 0.106 e. The molecule has 0 aromatic carbocycles. The van der Waals surface area contributed by atoms with E-state index in [0.29, 0.717) is 22.7 Å². The molecule has 0 aromatic heterocycles. The number of rotatable bonds is 2. The fraction of sp³-hybridized carbons (Fsp3) is 0.800. The zero-order chi connectivity index (χ0) is 15.3. The van der Waals surface area contributed by atoms with Crippen molar-refractivity contribution >= 4 is 0 Å². The molecule has 0 amide bonds. The second kappa shape index (κ2) is 3.60. The summed E-state index contributed by atoms with van der Waals surface area (Å²) in [7, 11) is 0. The quantitative estimate of drug-likeness (QED) is 0.634. The summed E-state index contributed by atoms with van der Waals surface area (Å²) in [6.07, 6.45) is 10.1. The first-order chi connectivity index (χ1) is 9.63. The molecule has 0 saturated heterocycles. The third kappa shape index (κ3) is 1.35. The van der Waals surface area contributed by atoms with E-state index in [-0.39, 0.29) is 10.8 Å². The Bertz CT molecular complexity index is 514. The van der Waals surface area contributed by atoms with Crippen LogP contribution in [0.2, 0.25) is 0 Å². The maximum atomic E-state index is 6.64. The van der Waals surface area contributed by atoms with Gasteiger partial charge in [0.15, 0.2) is 0 Å². The molecule has 4 bridgehead atoms. The summed E-state index contributed by atoms with van der Waals surface area (Å²) in [5.41, 5.74) is 1.19. The average Bonchev–Trinajstić information content (AvgIpc) is 2.90. The van der Waals surface area contributed by atoms with E-state index in [4.69, 9.17) is 4.74 Å². The van der Waals surface area contributed by atoms with E-state index in [9.17, 15) is 0 Å². The van der Waals surface area contributed by atoms with Crippen LogP contribution in [0.3, 0.4) is 0 Å². The molecule has 0 aliphatic heterocycles. The van der Waals surface area contributed by atoms with Gasteiger partial charge in [0.25, 0.3) is 0 Å². The van der Waals surface area contributed by atoms with Gasteiger partial charge in [-0.15, -0.1) is 0 Å². The highest BCUT2D eigenvalue weighted by Crippen LogP contribution is 2.69. The molecular formula is C20H30O. The first kappa shape index (κ1) is 13.9. The molecular weight excluding hydrogens is 256 g/mol. The summed E-state index contributed by atoms with van der Waals surface area (Å²) in [5.74, 6) is 3.97. The van der Waals surface area contributed by atoms with Gasteiger partial charge in [-0.05, 0) is 60.5 Å². The number of ether oxygens (including phenoxy) is 1. The van der Waals surface area contributed by atoms with E-state index < -0.39 is 0 Å². The number of allylic oxidation sites excluding steroid dienone is 4. The third-order valence-electron chi connectivity index (χ3n) is 8.62. The maximum absolute atomic E-state index is 6.64. The molecule has 0 radical (unpaired) electrons. The lowest BCUT2D eigenvalue weighted by Gasteiger charge is -2.40. The Balaban J connectivity index is 1.66. The third-order valence-corrected chi connectivity index (χ3v) is 8.62. The van der Waals surface area contributed by atoms with Crippen molar-refractivity contribution in [3.8, 4) is 0 Å². The number of hydrogen-bond acceptors (Lipinski definition) is 1. The Morgan fingerprint density at radius 2 is 1.14 bits per heavy atom. The molecule has 4 atom stereocenters. The monoisotopic (exact) mass is 286 g/mol. The second-order valence-electron chi connectivity index (χ2n) is 9.56. The molecule has 4 aliphatic carbocycles. The van der Waals surface area contributed by atoms with Crippen LogP contribution in [-0.2, 0) is 4.74 Å². The molecule has 0 N–H and O–H groups in total. The van der Waals surface area contributed by atoms with Crippen molar-refractivity contribution in [3.63, 3.8) is 0 Å². The van der Waals surface area contributed by atoms with Crippen molar-refractivity contribution in [2.45, 2.75) is 67.2 Å². The molecule has 2 saturated carbocycles. The molecule has 4 rings (SSSR count). The normalized spacial score (nSPS) is 48.5. The summed E-state index contributed by atoms with van der Waals surface area (Å²) < 4.78 is 6.64. The first-order valence-corrected chi connectivity index (χ1v) is 8.75. The van der Waals surface area contributed by atoms with Crippen LogP contribution in [0.4, 0.5) is 0 Å². The minimum Gasteiger partial charge on any atom is -0.466 e. The Hall–Kier alpha value is -0.720. The Morgan fingerprint density at radius 3 is 1.38 bits per heavy atom. The molecule has 1 heteroatoms. The van der Waals surface area contributed by atoms with Gasteiger partial charge in [0.05, 0.1) is 0 Å². The highest BCUT2D eigenvalue weighted by molar-refractivity contribution is 5.33. The van der Waals surface area contributed by atoms with E-state index in [0.717, 1.165) is 0 Å². The van der Waals surface area contributed by atoms with Crippen molar-refractivity contribution in [1.29, 1.82) is 0 Å². The lowest BCUT2D eigenvalue weighted by molar-refractivity contribution is 0.0611. The zero-order valence-electron chi connectivity index (χ0n) is 14.5. The van der Waals surface area contributed by atoms with Crippen LogP contribution in [0.5, 0.6) is 0 Å². The van der Waals surface area contributed by atoms with Crippen molar-refractivity contribution in [3.05, 3.63) is 23.7 Å². The summed E-state index contributed by atoms with van der Waals surface area (Å²) in [6.45, 7) is 14.6.